The molecule has 1 aliphatic rings. The summed E-state index contributed by atoms with van der Waals surface area (Å²) in [7, 11) is 0. The van der Waals surface area contributed by atoms with Crippen molar-refractivity contribution < 1.29 is 18.0 Å². The summed E-state index contributed by atoms with van der Waals surface area (Å²) in [5.41, 5.74) is 6.74. The molecule has 0 radical (unpaired) electrons. The van der Waals surface area contributed by atoms with Gasteiger partial charge in [0, 0.05) is 11.3 Å². The average molecular weight is 407 g/mol. The number of benzene rings is 2. The molecule has 2 aromatic rings. The fraction of sp³-hybridized carbons (Fsp3) is 0.300. The Labute approximate surface area is 165 Å². The number of nitrogens with two attached hydrogens (primary N) is 1. The largest absolute Gasteiger partial charge is 0.379 e. The minimum Gasteiger partial charge on any atom is -0.379 e. The smallest absolute Gasteiger partial charge is 0.255 e. The maximum atomic E-state index is 14.4. The summed E-state index contributed by atoms with van der Waals surface area (Å²) in [5.74, 6) is -2.67. The number of amides is 1. The summed E-state index contributed by atoms with van der Waals surface area (Å²) >= 11 is 1.50. The van der Waals surface area contributed by atoms with E-state index in [0.29, 0.717) is 17.2 Å². The van der Waals surface area contributed by atoms with E-state index in [0.717, 1.165) is 35.9 Å². The Morgan fingerprint density at radius 3 is 2.61 bits per heavy atom. The van der Waals surface area contributed by atoms with Gasteiger partial charge >= 0.3 is 0 Å². The van der Waals surface area contributed by atoms with Crippen LogP contribution in [0.25, 0.3) is 0 Å². The number of carbonyl (C=O) groups is 1. The van der Waals surface area contributed by atoms with Gasteiger partial charge in [0.25, 0.3) is 5.91 Å². The Balaban J connectivity index is 1.87. The molecule has 1 atom stereocenters. The lowest BCUT2D eigenvalue weighted by molar-refractivity contribution is 0.102. The lowest BCUT2D eigenvalue weighted by Crippen LogP contribution is -2.33. The number of nitrogens with one attached hydrogen (secondary N) is 1. The van der Waals surface area contributed by atoms with Gasteiger partial charge in [0.1, 0.15) is 5.82 Å². The van der Waals surface area contributed by atoms with E-state index < -0.39 is 28.9 Å². The van der Waals surface area contributed by atoms with E-state index in [-0.39, 0.29) is 11.3 Å². The summed E-state index contributed by atoms with van der Waals surface area (Å²) in [4.78, 5) is 16.9. The van der Waals surface area contributed by atoms with Crippen LogP contribution < -0.4 is 11.1 Å². The van der Waals surface area contributed by atoms with Crippen molar-refractivity contribution in [3.63, 3.8) is 0 Å². The predicted octanol–water partition coefficient (Wildman–Crippen LogP) is 4.42. The molecule has 3 rings (SSSR count). The molecule has 148 valence electrons. The molecule has 0 aliphatic carbocycles. The quantitative estimate of drug-likeness (QED) is 0.789. The SMILES string of the molecule is Cc1c(CC2(C)CCSC(N)=N2)ccc(F)c1NC(=O)c1ccc(F)c(F)c1. The monoisotopic (exact) mass is 407 g/mol. The maximum absolute atomic E-state index is 14.4. The molecule has 0 bridgehead atoms. The molecular weight excluding hydrogens is 387 g/mol. The third-order valence-electron chi connectivity index (χ3n) is 4.79. The summed E-state index contributed by atoms with van der Waals surface area (Å²) in [6.45, 7) is 3.69. The molecule has 2 aromatic carbocycles. The molecule has 3 N–H and O–H groups in total. The zero-order valence-corrected chi connectivity index (χ0v) is 16.3. The lowest BCUT2D eigenvalue weighted by atomic mass is 9.88. The number of nitrogens with zero attached hydrogens (tertiary/aromatic N) is 1. The Morgan fingerprint density at radius 1 is 1.21 bits per heavy atom. The van der Waals surface area contributed by atoms with Gasteiger partial charge in [-0.05, 0) is 62.1 Å². The van der Waals surface area contributed by atoms with Crippen LogP contribution >= 0.6 is 11.8 Å². The molecule has 0 aromatic heterocycles. The summed E-state index contributed by atoms with van der Waals surface area (Å²) in [6, 6.07) is 5.71. The van der Waals surface area contributed by atoms with Gasteiger partial charge in [0.05, 0.1) is 11.2 Å². The highest BCUT2D eigenvalue weighted by Gasteiger charge is 2.29. The standard InChI is InChI=1S/C20H20F3N3OS/c1-11-13(10-20(2)7-8-28-19(24)26-20)4-6-15(22)17(11)25-18(27)12-3-5-14(21)16(23)9-12/h3-6,9H,7-8,10H2,1-2H3,(H2,24,26)(H,25,27). The van der Waals surface area contributed by atoms with Crippen molar-refractivity contribution in [3.8, 4) is 0 Å². The van der Waals surface area contributed by atoms with Gasteiger partial charge in [-0.2, -0.15) is 0 Å². The van der Waals surface area contributed by atoms with Gasteiger partial charge in [-0.25, -0.2) is 13.2 Å². The van der Waals surface area contributed by atoms with Crippen LogP contribution in [0.4, 0.5) is 18.9 Å². The van der Waals surface area contributed by atoms with Crippen LogP contribution in [0.5, 0.6) is 0 Å². The molecule has 0 saturated heterocycles. The molecule has 0 fully saturated rings. The maximum Gasteiger partial charge on any atom is 0.255 e. The van der Waals surface area contributed by atoms with E-state index in [4.69, 9.17) is 5.73 Å². The molecule has 0 saturated carbocycles. The zero-order valence-electron chi connectivity index (χ0n) is 15.5. The number of rotatable bonds is 4. The molecule has 1 heterocycles. The van der Waals surface area contributed by atoms with Gasteiger partial charge in [0.2, 0.25) is 0 Å². The topological polar surface area (TPSA) is 67.5 Å². The number of carbonyl (C=O) groups excluding carboxylic acids is 1. The van der Waals surface area contributed by atoms with Crippen LogP contribution in [0.15, 0.2) is 35.3 Å². The van der Waals surface area contributed by atoms with Gasteiger partial charge in [-0.1, -0.05) is 17.8 Å². The normalized spacial score (nSPS) is 19.2. The minimum atomic E-state index is -1.14. The second-order valence-corrected chi connectivity index (χ2v) is 8.13. The first kappa shape index (κ1) is 20.3. The molecule has 1 aliphatic heterocycles. The molecule has 1 amide bonds. The molecule has 4 nitrogen and oxygen atoms in total. The van der Waals surface area contributed by atoms with Crippen LogP contribution in [-0.4, -0.2) is 22.4 Å². The molecule has 1 unspecified atom stereocenters. The first-order valence-corrected chi connectivity index (χ1v) is 9.69. The van der Waals surface area contributed by atoms with Gasteiger partial charge in [-0.3, -0.25) is 9.79 Å². The van der Waals surface area contributed by atoms with E-state index in [1.807, 2.05) is 6.92 Å². The summed E-state index contributed by atoms with van der Waals surface area (Å²) < 4.78 is 40.8. The number of hydrogen-bond acceptors (Lipinski definition) is 4. The fourth-order valence-corrected chi connectivity index (χ4v) is 4.19. The van der Waals surface area contributed by atoms with Crippen LogP contribution in [-0.2, 0) is 6.42 Å². The highest BCUT2D eigenvalue weighted by molar-refractivity contribution is 8.13. The average Bonchev–Trinajstić information content (AvgIpc) is 2.63. The van der Waals surface area contributed by atoms with Gasteiger partial charge < -0.3 is 11.1 Å². The van der Waals surface area contributed by atoms with Crippen LogP contribution in [0.2, 0.25) is 0 Å². The first-order chi connectivity index (χ1) is 13.2. The predicted molar refractivity (Wildman–Crippen MR) is 106 cm³/mol. The fourth-order valence-electron chi connectivity index (χ4n) is 3.16. The van der Waals surface area contributed by atoms with E-state index in [9.17, 15) is 18.0 Å². The van der Waals surface area contributed by atoms with E-state index in [1.54, 1.807) is 13.0 Å². The number of anilines is 1. The molecular formula is C20H20F3N3OS. The van der Waals surface area contributed by atoms with Crippen molar-refractivity contribution >= 4 is 28.5 Å². The number of hydrogen-bond donors (Lipinski definition) is 2. The van der Waals surface area contributed by atoms with Crippen molar-refractivity contribution in [2.45, 2.75) is 32.2 Å². The van der Waals surface area contributed by atoms with Crippen molar-refractivity contribution in [2.24, 2.45) is 10.7 Å². The van der Waals surface area contributed by atoms with Crippen LogP contribution in [0, 0.1) is 24.4 Å². The van der Waals surface area contributed by atoms with E-state index in [2.05, 4.69) is 10.3 Å². The highest BCUT2D eigenvalue weighted by atomic mass is 32.2. The molecule has 0 spiro atoms. The zero-order chi connectivity index (χ0) is 20.5. The number of aliphatic imine (C=N–C) groups is 1. The third kappa shape index (κ3) is 4.32. The summed E-state index contributed by atoms with van der Waals surface area (Å²) in [5, 5.41) is 3.00. The molecule has 8 heteroatoms. The Bertz CT molecular complexity index is 964. The number of thioether (sulfide) groups is 1. The number of amidine groups is 1. The lowest BCUT2D eigenvalue weighted by Gasteiger charge is -2.30. The van der Waals surface area contributed by atoms with Gasteiger partial charge in [0.15, 0.2) is 16.8 Å². The van der Waals surface area contributed by atoms with E-state index in [1.165, 1.54) is 17.8 Å². The Hall–Kier alpha value is -2.48. The van der Waals surface area contributed by atoms with Crippen molar-refractivity contribution in [1.29, 1.82) is 0 Å². The second kappa shape index (κ2) is 7.87. The Morgan fingerprint density at radius 2 is 1.93 bits per heavy atom. The van der Waals surface area contributed by atoms with Crippen LogP contribution in [0.1, 0.15) is 34.8 Å². The van der Waals surface area contributed by atoms with Crippen LogP contribution in [0.3, 0.4) is 0 Å². The third-order valence-corrected chi connectivity index (χ3v) is 5.58. The first-order valence-electron chi connectivity index (χ1n) is 8.71. The van der Waals surface area contributed by atoms with Crippen molar-refractivity contribution in [1.82, 2.24) is 0 Å². The number of halogens is 3. The second-order valence-electron chi connectivity index (χ2n) is 7.01. The summed E-state index contributed by atoms with van der Waals surface area (Å²) in [6.07, 6.45) is 1.36. The van der Waals surface area contributed by atoms with Crippen molar-refractivity contribution in [3.05, 3.63) is 64.5 Å². The Kier molecular flexibility index (Phi) is 5.69. The van der Waals surface area contributed by atoms with E-state index >= 15 is 0 Å². The van der Waals surface area contributed by atoms with Crippen molar-refractivity contribution in [2.75, 3.05) is 11.1 Å². The van der Waals surface area contributed by atoms with Gasteiger partial charge in [-0.15, -0.1) is 0 Å². The molecule has 28 heavy (non-hydrogen) atoms. The highest BCUT2D eigenvalue weighted by Crippen LogP contribution is 2.32. The minimum absolute atomic E-state index is 0.0120.